The minimum Gasteiger partial charge on any atom is -0.491 e. The minimum absolute atomic E-state index is 0.162. The molecular formula is C14H18F4N2O3. The number of nitrogens with zero attached hydrogens (tertiary/aromatic N) is 1. The van der Waals surface area contributed by atoms with Crippen molar-refractivity contribution in [1.82, 2.24) is 4.90 Å². The number of alkyl halides is 3. The summed E-state index contributed by atoms with van der Waals surface area (Å²) >= 11 is 0. The number of halogens is 4. The summed E-state index contributed by atoms with van der Waals surface area (Å²) in [6, 6.07) is 2.73. The largest absolute Gasteiger partial charge is 0.491 e. The van der Waals surface area contributed by atoms with Crippen LogP contribution in [0.2, 0.25) is 0 Å². The number of aliphatic hydroxyl groups excluding tert-OH is 1. The van der Waals surface area contributed by atoms with Crippen molar-refractivity contribution in [2.75, 3.05) is 18.9 Å². The molecule has 5 nitrogen and oxygen atoms in total. The Bertz CT molecular complexity index is 549. The van der Waals surface area contributed by atoms with Crippen molar-refractivity contribution in [2.24, 2.45) is 0 Å². The third-order valence-electron chi connectivity index (χ3n) is 2.73. The van der Waals surface area contributed by atoms with E-state index in [1.165, 1.54) is 12.1 Å². The second kappa shape index (κ2) is 7.49. The molecule has 0 radical (unpaired) electrons. The van der Waals surface area contributed by atoms with E-state index < -0.39 is 30.7 Å². The van der Waals surface area contributed by atoms with Gasteiger partial charge in [0, 0.05) is 13.1 Å². The summed E-state index contributed by atoms with van der Waals surface area (Å²) in [4.78, 5) is 12.3. The van der Waals surface area contributed by atoms with Gasteiger partial charge in [0.05, 0.1) is 18.3 Å². The Morgan fingerprint density at radius 1 is 1.39 bits per heavy atom. The SMILES string of the molecule is CC(C)Oc1ccc(NC(=O)N(C)C[C@H](O)C(F)(F)F)c(F)c1. The number of aliphatic hydroxyl groups is 1. The van der Waals surface area contributed by atoms with E-state index in [9.17, 15) is 22.4 Å². The number of hydrogen-bond donors (Lipinski definition) is 2. The van der Waals surface area contributed by atoms with Gasteiger partial charge in [-0.2, -0.15) is 13.2 Å². The van der Waals surface area contributed by atoms with Gasteiger partial charge in [0.25, 0.3) is 0 Å². The van der Waals surface area contributed by atoms with Crippen molar-refractivity contribution < 1.29 is 32.2 Å². The number of carbonyl (C=O) groups is 1. The third kappa shape index (κ3) is 5.93. The number of amides is 2. The van der Waals surface area contributed by atoms with Gasteiger partial charge in [-0.15, -0.1) is 0 Å². The molecule has 130 valence electrons. The van der Waals surface area contributed by atoms with Crippen LogP contribution in [0.1, 0.15) is 13.8 Å². The number of carbonyl (C=O) groups excluding carboxylic acids is 1. The lowest BCUT2D eigenvalue weighted by Crippen LogP contribution is -2.43. The first-order valence-electron chi connectivity index (χ1n) is 6.73. The van der Waals surface area contributed by atoms with E-state index in [1.807, 2.05) is 0 Å². The Morgan fingerprint density at radius 2 is 2.00 bits per heavy atom. The van der Waals surface area contributed by atoms with Crippen LogP contribution in [-0.2, 0) is 0 Å². The zero-order chi connectivity index (χ0) is 17.8. The first-order valence-corrected chi connectivity index (χ1v) is 6.73. The van der Waals surface area contributed by atoms with Crippen molar-refractivity contribution in [2.45, 2.75) is 32.2 Å². The van der Waals surface area contributed by atoms with Crippen molar-refractivity contribution in [3.8, 4) is 5.75 Å². The molecule has 1 aromatic rings. The lowest BCUT2D eigenvalue weighted by Gasteiger charge is -2.23. The molecule has 23 heavy (non-hydrogen) atoms. The van der Waals surface area contributed by atoms with Crippen LogP contribution in [0.4, 0.5) is 28.0 Å². The van der Waals surface area contributed by atoms with Crippen molar-refractivity contribution in [3.63, 3.8) is 0 Å². The van der Waals surface area contributed by atoms with Crippen molar-refractivity contribution in [1.29, 1.82) is 0 Å². The normalized spacial score (nSPS) is 12.9. The van der Waals surface area contributed by atoms with Crippen LogP contribution < -0.4 is 10.1 Å². The Balaban J connectivity index is 2.70. The summed E-state index contributed by atoms with van der Waals surface area (Å²) in [6.07, 6.45) is -7.68. The molecule has 1 aromatic carbocycles. The highest BCUT2D eigenvalue weighted by Crippen LogP contribution is 2.23. The van der Waals surface area contributed by atoms with E-state index in [0.717, 1.165) is 13.1 Å². The van der Waals surface area contributed by atoms with Gasteiger partial charge >= 0.3 is 12.2 Å². The number of ether oxygens (including phenoxy) is 1. The van der Waals surface area contributed by atoms with Gasteiger partial charge in [-0.05, 0) is 26.0 Å². The number of rotatable bonds is 5. The van der Waals surface area contributed by atoms with Crippen LogP contribution in [0, 0.1) is 5.82 Å². The second-order valence-corrected chi connectivity index (χ2v) is 5.18. The zero-order valence-electron chi connectivity index (χ0n) is 12.8. The molecule has 1 rings (SSSR count). The lowest BCUT2D eigenvalue weighted by atomic mass is 10.3. The Hall–Kier alpha value is -2.03. The van der Waals surface area contributed by atoms with E-state index in [4.69, 9.17) is 9.84 Å². The molecule has 0 heterocycles. The monoisotopic (exact) mass is 338 g/mol. The summed E-state index contributed by atoms with van der Waals surface area (Å²) in [5, 5.41) is 11.0. The van der Waals surface area contributed by atoms with E-state index in [1.54, 1.807) is 13.8 Å². The first-order chi connectivity index (χ1) is 10.5. The van der Waals surface area contributed by atoms with Gasteiger partial charge in [-0.3, -0.25) is 0 Å². The molecule has 0 aliphatic rings. The maximum atomic E-state index is 13.8. The van der Waals surface area contributed by atoms with Gasteiger partial charge < -0.3 is 20.1 Å². The molecule has 0 saturated carbocycles. The predicted molar refractivity (Wildman–Crippen MR) is 75.9 cm³/mol. The fourth-order valence-corrected chi connectivity index (χ4v) is 1.60. The fourth-order valence-electron chi connectivity index (χ4n) is 1.60. The molecule has 1 atom stereocenters. The Labute approximate surface area is 130 Å². The maximum Gasteiger partial charge on any atom is 0.416 e. The number of nitrogens with one attached hydrogen (secondary N) is 1. The van der Waals surface area contributed by atoms with Gasteiger partial charge in [0.1, 0.15) is 11.6 Å². The molecule has 2 N–H and O–H groups in total. The second-order valence-electron chi connectivity index (χ2n) is 5.18. The van der Waals surface area contributed by atoms with Crippen molar-refractivity contribution >= 4 is 11.7 Å². The van der Waals surface area contributed by atoms with Gasteiger partial charge in [0.2, 0.25) is 0 Å². The molecule has 2 amide bonds. The molecule has 0 aliphatic heterocycles. The number of anilines is 1. The highest BCUT2D eigenvalue weighted by molar-refractivity contribution is 5.89. The summed E-state index contributed by atoms with van der Waals surface area (Å²) < 4.78 is 55.8. The molecule has 0 spiro atoms. The quantitative estimate of drug-likeness (QED) is 0.812. The number of hydrogen-bond acceptors (Lipinski definition) is 3. The Kier molecular flexibility index (Phi) is 6.20. The van der Waals surface area contributed by atoms with Crippen LogP contribution in [0.25, 0.3) is 0 Å². The highest BCUT2D eigenvalue weighted by atomic mass is 19.4. The van der Waals surface area contributed by atoms with E-state index in [0.29, 0.717) is 4.90 Å². The standard InChI is InChI=1S/C14H18F4N2O3/c1-8(2)23-9-4-5-11(10(15)6-9)19-13(22)20(3)7-12(21)14(16,17)18/h4-6,8,12,21H,7H2,1-3H3,(H,19,22)/t12-/m0/s1. The summed E-state index contributed by atoms with van der Waals surface area (Å²) in [7, 11) is 1.05. The number of benzene rings is 1. The van der Waals surface area contributed by atoms with Gasteiger partial charge in [-0.25, -0.2) is 9.18 Å². The maximum absolute atomic E-state index is 13.8. The van der Waals surface area contributed by atoms with Crippen molar-refractivity contribution in [3.05, 3.63) is 24.0 Å². The molecule has 0 saturated heterocycles. The van der Waals surface area contributed by atoms with Crippen LogP contribution in [0.5, 0.6) is 5.75 Å². The van der Waals surface area contributed by atoms with E-state index in [2.05, 4.69) is 5.32 Å². The van der Waals surface area contributed by atoms with E-state index in [-0.39, 0.29) is 17.5 Å². The smallest absolute Gasteiger partial charge is 0.416 e. The molecule has 0 aliphatic carbocycles. The molecule has 0 aromatic heterocycles. The van der Waals surface area contributed by atoms with Gasteiger partial charge in [-0.1, -0.05) is 0 Å². The van der Waals surface area contributed by atoms with Crippen LogP contribution in [-0.4, -0.2) is 48.0 Å². The van der Waals surface area contributed by atoms with Gasteiger partial charge in [0.15, 0.2) is 6.10 Å². The summed E-state index contributed by atoms with van der Waals surface area (Å²) in [5.74, 6) is -0.530. The summed E-state index contributed by atoms with van der Waals surface area (Å²) in [5.41, 5.74) is -0.209. The molecule has 0 bridgehead atoms. The minimum atomic E-state index is -4.84. The highest BCUT2D eigenvalue weighted by Gasteiger charge is 2.39. The lowest BCUT2D eigenvalue weighted by molar-refractivity contribution is -0.205. The predicted octanol–water partition coefficient (Wildman–Crippen LogP) is 3.00. The Morgan fingerprint density at radius 3 is 2.48 bits per heavy atom. The van der Waals surface area contributed by atoms with E-state index >= 15 is 0 Å². The van der Waals surface area contributed by atoms with Crippen LogP contribution in [0.3, 0.4) is 0 Å². The average Bonchev–Trinajstić information content (AvgIpc) is 2.39. The topological polar surface area (TPSA) is 61.8 Å². The van der Waals surface area contributed by atoms with Crippen LogP contribution >= 0.6 is 0 Å². The number of urea groups is 1. The molecule has 0 unspecified atom stereocenters. The molecule has 0 fully saturated rings. The van der Waals surface area contributed by atoms with Crippen LogP contribution in [0.15, 0.2) is 18.2 Å². The third-order valence-corrected chi connectivity index (χ3v) is 2.73. The average molecular weight is 338 g/mol. The fraction of sp³-hybridized carbons (Fsp3) is 0.500. The summed E-state index contributed by atoms with van der Waals surface area (Å²) in [6.45, 7) is 2.55. The first kappa shape index (κ1) is 19.0. The molecule has 9 heteroatoms. The number of likely N-dealkylation sites (N-methyl/N-ethyl adjacent to an activating group) is 1. The zero-order valence-corrected chi connectivity index (χ0v) is 12.8. The molecular weight excluding hydrogens is 320 g/mol.